The van der Waals surface area contributed by atoms with Crippen LogP contribution in [0.5, 0.6) is 11.5 Å². The third kappa shape index (κ3) is 5.85. The minimum absolute atomic E-state index is 0.171. The fraction of sp³-hybridized carbons (Fsp3) is 0.227. The summed E-state index contributed by atoms with van der Waals surface area (Å²) in [6.45, 7) is 3.35. The van der Waals surface area contributed by atoms with Crippen LogP contribution in [0, 0.1) is 5.21 Å². The molecule has 0 saturated carbocycles. The Kier molecular flexibility index (Phi) is 7.84. The zero-order valence-electron chi connectivity index (χ0n) is 17.9. The van der Waals surface area contributed by atoms with Gasteiger partial charge in [-0.2, -0.15) is 10.3 Å². The lowest BCUT2D eigenvalue weighted by Crippen LogP contribution is -3.00. The minimum atomic E-state index is -4.11. The zero-order valence-corrected chi connectivity index (χ0v) is 18.8. The molecule has 170 valence electrons. The van der Waals surface area contributed by atoms with E-state index in [1.54, 1.807) is 19.1 Å². The van der Waals surface area contributed by atoms with Gasteiger partial charge in [0.1, 0.15) is 17.5 Å². The number of hydrogen-bond acceptors (Lipinski definition) is 7. The van der Waals surface area contributed by atoms with E-state index in [9.17, 15) is 14.6 Å². The van der Waals surface area contributed by atoms with Gasteiger partial charge in [-0.15, -0.1) is 0 Å². The summed E-state index contributed by atoms with van der Waals surface area (Å²) in [6, 6.07) is 17.7. The second-order valence-electron chi connectivity index (χ2n) is 6.78. The van der Waals surface area contributed by atoms with Gasteiger partial charge in [0.25, 0.3) is 0 Å². The highest BCUT2D eigenvalue weighted by molar-refractivity contribution is 7.52. The molecular formula is C22H25N2O7P. The average Bonchev–Trinajstić information content (AvgIpc) is 2.79. The van der Waals surface area contributed by atoms with Crippen molar-refractivity contribution in [1.82, 2.24) is 5.09 Å². The molecular weight excluding hydrogens is 435 g/mol. The molecule has 0 fully saturated rings. The van der Waals surface area contributed by atoms with E-state index in [2.05, 4.69) is 9.92 Å². The topological polar surface area (TPSA) is 111 Å². The van der Waals surface area contributed by atoms with Crippen LogP contribution in [0.15, 0.2) is 66.7 Å². The van der Waals surface area contributed by atoms with Crippen LogP contribution in [0.4, 0.5) is 5.69 Å². The number of hydrogen-bond donors (Lipinski definition) is 2. The molecule has 2 N–H and O–H groups in total. The Balaban J connectivity index is 1.91. The summed E-state index contributed by atoms with van der Waals surface area (Å²) in [5.74, 6) is -0.107. The SMILES string of the molecule is CCOC(=O)[C@H](C)N[P@@](=O)(Oc1ccc([NH+]([O-])OC)cc1)Oc1cccc2ccccc12. The highest BCUT2D eigenvalue weighted by Crippen LogP contribution is 2.47. The van der Waals surface area contributed by atoms with Gasteiger partial charge in [-0.25, -0.2) is 9.40 Å². The summed E-state index contributed by atoms with van der Waals surface area (Å²) >= 11 is 0. The number of rotatable bonds is 10. The molecule has 3 aromatic rings. The molecule has 0 saturated heterocycles. The summed E-state index contributed by atoms with van der Waals surface area (Å²) in [5.41, 5.74) is 0.303. The number of nitrogens with one attached hydrogen (secondary N) is 2. The molecule has 0 aliphatic rings. The molecule has 0 amide bonds. The van der Waals surface area contributed by atoms with Gasteiger partial charge in [0, 0.05) is 17.5 Å². The van der Waals surface area contributed by atoms with Gasteiger partial charge in [0.2, 0.25) is 0 Å². The molecule has 0 aliphatic heterocycles. The Bertz CT molecular complexity index is 1100. The lowest BCUT2D eigenvalue weighted by molar-refractivity contribution is -0.992. The van der Waals surface area contributed by atoms with E-state index in [-0.39, 0.29) is 12.4 Å². The highest BCUT2D eigenvalue weighted by atomic mass is 31.2. The van der Waals surface area contributed by atoms with E-state index in [0.29, 0.717) is 11.4 Å². The lowest BCUT2D eigenvalue weighted by atomic mass is 10.1. The Morgan fingerprint density at radius 1 is 1.06 bits per heavy atom. The van der Waals surface area contributed by atoms with Crippen LogP contribution < -0.4 is 19.4 Å². The Hall–Kier alpha value is -2.94. The molecule has 0 aromatic heterocycles. The van der Waals surface area contributed by atoms with Gasteiger partial charge < -0.3 is 19.0 Å². The number of ether oxygens (including phenoxy) is 1. The van der Waals surface area contributed by atoms with E-state index in [0.717, 1.165) is 10.8 Å². The van der Waals surface area contributed by atoms with Crippen molar-refractivity contribution >= 4 is 30.2 Å². The van der Waals surface area contributed by atoms with Crippen LogP contribution >= 0.6 is 7.75 Å². The predicted molar refractivity (Wildman–Crippen MR) is 119 cm³/mol. The van der Waals surface area contributed by atoms with Gasteiger partial charge in [-0.05, 0) is 37.4 Å². The maximum Gasteiger partial charge on any atom is 0.513 e. The normalized spacial score (nSPS) is 14.9. The zero-order chi connectivity index (χ0) is 23.1. The van der Waals surface area contributed by atoms with E-state index in [4.69, 9.17) is 13.8 Å². The fourth-order valence-corrected chi connectivity index (χ4v) is 4.48. The summed E-state index contributed by atoms with van der Waals surface area (Å²) in [6.07, 6.45) is 0. The molecule has 0 heterocycles. The maximum absolute atomic E-state index is 13.7. The van der Waals surface area contributed by atoms with Crippen molar-refractivity contribution in [1.29, 1.82) is 0 Å². The van der Waals surface area contributed by atoms with Crippen molar-refractivity contribution in [2.24, 2.45) is 0 Å². The highest BCUT2D eigenvalue weighted by Gasteiger charge is 2.34. The van der Waals surface area contributed by atoms with E-state index < -0.39 is 25.0 Å². The molecule has 9 nitrogen and oxygen atoms in total. The maximum atomic E-state index is 13.7. The van der Waals surface area contributed by atoms with Crippen LogP contribution in [0.25, 0.3) is 10.8 Å². The second kappa shape index (κ2) is 10.6. The third-order valence-corrected chi connectivity index (χ3v) is 6.05. The Morgan fingerprint density at radius 2 is 1.75 bits per heavy atom. The van der Waals surface area contributed by atoms with Crippen LogP contribution in [0.1, 0.15) is 13.8 Å². The summed E-state index contributed by atoms with van der Waals surface area (Å²) in [7, 11) is -2.84. The van der Waals surface area contributed by atoms with Gasteiger partial charge in [0.05, 0.1) is 13.7 Å². The van der Waals surface area contributed by atoms with E-state index in [1.165, 1.54) is 38.3 Å². The summed E-state index contributed by atoms with van der Waals surface area (Å²) in [4.78, 5) is 16.8. The molecule has 32 heavy (non-hydrogen) atoms. The van der Waals surface area contributed by atoms with Gasteiger partial charge >= 0.3 is 13.7 Å². The van der Waals surface area contributed by atoms with E-state index in [1.807, 2.05) is 30.3 Å². The monoisotopic (exact) mass is 460 g/mol. The third-order valence-electron chi connectivity index (χ3n) is 4.46. The molecule has 0 bridgehead atoms. The molecule has 0 spiro atoms. The lowest BCUT2D eigenvalue weighted by Gasteiger charge is -2.24. The van der Waals surface area contributed by atoms with Gasteiger partial charge in [-0.3, -0.25) is 4.79 Å². The van der Waals surface area contributed by atoms with Crippen molar-refractivity contribution < 1.29 is 33.2 Å². The Morgan fingerprint density at radius 3 is 2.44 bits per heavy atom. The number of quaternary nitrogens is 1. The summed E-state index contributed by atoms with van der Waals surface area (Å²) < 4.78 is 30.2. The quantitative estimate of drug-likeness (QED) is 0.269. The van der Waals surface area contributed by atoms with Crippen molar-refractivity contribution in [3.05, 3.63) is 71.9 Å². The van der Waals surface area contributed by atoms with Crippen LogP contribution in [0.3, 0.4) is 0 Å². The second-order valence-corrected chi connectivity index (χ2v) is 8.39. The summed E-state index contributed by atoms with van der Waals surface area (Å²) in [5, 5.41) is 15.4. The first-order valence-corrected chi connectivity index (χ1v) is 11.5. The number of carbonyl (C=O) groups is 1. The van der Waals surface area contributed by atoms with Crippen LogP contribution in [-0.2, 0) is 18.9 Å². The largest absolute Gasteiger partial charge is 0.595 e. The number of esters is 1. The van der Waals surface area contributed by atoms with Crippen molar-refractivity contribution in [2.75, 3.05) is 13.7 Å². The van der Waals surface area contributed by atoms with Crippen LogP contribution in [-0.4, -0.2) is 25.7 Å². The first-order valence-electron chi connectivity index (χ1n) is 9.95. The van der Waals surface area contributed by atoms with Gasteiger partial charge in [0.15, 0.2) is 5.69 Å². The van der Waals surface area contributed by atoms with Crippen LogP contribution in [0.2, 0.25) is 0 Å². The smallest absolute Gasteiger partial charge is 0.513 e. The molecule has 0 aliphatic carbocycles. The molecule has 10 heteroatoms. The molecule has 3 aromatic carbocycles. The number of fused-ring (bicyclic) bond motifs is 1. The molecule has 3 atom stereocenters. The van der Waals surface area contributed by atoms with Crippen molar-refractivity contribution in [2.45, 2.75) is 19.9 Å². The van der Waals surface area contributed by atoms with E-state index >= 15 is 0 Å². The first-order chi connectivity index (χ1) is 15.3. The number of carbonyl (C=O) groups excluding carboxylic acids is 1. The average molecular weight is 460 g/mol. The fourth-order valence-electron chi connectivity index (χ4n) is 2.94. The standard InChI is InChI=1S/C22H25N2O7P/c1-4-29-22(25)16(2)23-32(27,30-19-14-12-18(13-15-19)24(26)28-3)31-21-11-7-9-17-8-5-6-10-20(17)21/h5-16,24H,4H2,1-3H3,(H,23,27)/t16-,32+/m0/s1. The minimum Gasteiger partial charge on any atom is -0.595 e. The predicted octanol–water partition coefficient (Wildman–Crippen LogP) is 3.52. The molecule has 1 unspecified atom stereocenters. The molecule has 3 rings (SSSR count). The van der Waals surface area contributed by atoms with Crippen molar-refractivity contribution in [3.8, 4) is 11.5 Å². The number of benzene rings is 3. The van der Waals surface area contributed by atoms with Crippen molar-refractivity contribution in [3.63, 3.8) is 0 Å². The Labute approximate surface area is 186 Å². The first kappa shape index (κ1) is 23.7. The van der Waals surface area contributed by atoms with Gasteiger partial charge in [-0.1, -0.05) is 36.4 Å². The molecule has 0 radical (unpaired) electrons.